The minimum atomic E-state index is -0.395. The summed E-state index contributed by atoms with van der Waals surface area (Å²) < 4.78 is 13.1. The van der Waals surface area contributed by atoms with Gasteiger partial charge in [0.2, 0.25) is 11.6 Å². The van der Waals surface area contributed by atoms with Crippen molar-refractivity contribution in [2.24, 2.45) is 11.8 Å². The summed E-state index contributed by atoms with van der Waals surface area (Å²) in [5, 5.41) is 7.21. The molecule has 1 amide bonds. The fraction of sp³-hybridized carbons (Fsp3) is 0.455. The van der Waals surface area contributed by atoms with Crippen molar-refractivity contribution in [2.75, 3.05) is 37.5 Å². The number of rotatable bonds is 6. The molecule has 1 aromatic carbocycles. The number of anilines is 2. The number of carbonyl (C=O) groups is 1. The molecule has 1 aliphatic rings. The Bertz CT molecular complexity index is 1180. The van der Waals surface area contributed by atoms with Crippen LogP contribution >= 0.6 is 0 Å². The zero-order valence-electron chi connectivity index (χ0n) is 18.7. The van der Waals surface area contributed by atoms with E-state index in [4.69, 9.17) is 9.47 Å². The lowest BCUT2D eigenvalue weighted by atomic mass is 9.92. The first-order valence-corrected chi connectivity index (χ1v) is 10.6. The van der Waals surface area contributed by atoms with E-state index in [-0.39, 0.29) is 6.54 Å². The van der Waals surface area contributed by atoms with Crippen molar-refractivity contribution in [3.8, 4) is 11.5 Å². The molecule has 0 spiro atoms. The van der Waals surface area contributed by atoms with Crippen LogP contribution < -0.4 is 25.4 Å². The molecule has 3 aromatic rings. The molecule has 32 heavy (non-hydrogen) atoms. The smallest absolute Gasteiger partial charge is 0.350 e. The van der Waals surface area contributed by atoms with Gasteiger partial charge < -0.3 is 19.7 Å². The molecular weight excluding hydrogens is 412 g/mol. The summed E-state index contributed by atoms with van der Waals surface area (Å²) in [5.74, 6) is 2.39. The largest absolute Gasteiger partial charge is 0.497 e. The van der Waals surface area contributed by atoms with E-state index in [2.05, 4.69) is 34.1 Å². The Kier molecular flexibility index (Phi) is 6.02. The molecule has 0 bridgehead atoms. The highest BCUT2D eigenvalue weighted by molar-refractivity contribution is 5.92. The van der Waals surface area contributed by atoms with Crippen molar-refractivity contribution in [2.45, 2.75) is 26.8 Å². The lowest BCUT2D eigenvalue weighted by molar-refractivity contribution is -0.117. The fourth-order valence-corrected chi connectivity index (χ4v) is 4.32. The lowest BCUT2D eigenvalue weighted by Crippen LogP contribution is -2.39. The highest BCUT2D eigenvalue weighted by atomic mass is 16.5. The Balaban J connectivity index is 1.58. The number of ether oxygens (including phenoxy) is 2. The number of aromatic nitrogens is 4. The molecule has 4 rings (SSSR count). The number of piperidine rings is 1. The van der Waals surface area contributed by atoms with Gasteiger partial charge in [0.1, 0.15) is 18.0 Å². The molecule has 10 nitrogen and oxygen atoms in total. The number of amides is 1. The molecule has 0 aliphatic carbocycles. The second-order valence-corrected chi connectivity index (χ2v) is 8.35. The van der Waals surface area contributed by atoms with Gasteiger partial charge in [-0.25, -0.2) is 18.9 Å². The van der Waals surface area contributed by atoms with E-state index in [0.29, 0.717) is 40.5 Å². The molecule has 0 saturated carbocycles. The maximum absolute atomic E-state index is 12.9. The molecular formula is C22H28N6O4. The Hall–Kier alpha value is -3.56. The SMILES string of the molecule is COc1ccc(NC(=O)Cn2nc3c(N4C[C@H](C)C[C@@H](C)C4)nccn3c2=O)c(OC)c1. The van der Waals surface area contributed by atoms with Gasteiger partial charge in [-0.15, -0.1) is 5.10 Å². The van der Waals surface area contributed by atoms with Crippen LogP contribution in [0.25, 0.3) is 5.65 Å². The molecule has 2 atom stereocenters. The molecule has 1 saturated heterocycles. The predicted molar refractivity (Wildman–Crippen MR) is 121 cm³/mol. The summed E-state index contributed by atoms with van der Waals surface area (Å²) in [6.45, 7) is 5.91. The molecule has 1 N–H and O–H groups in total. The first kappa shape index (κ1) is 21.7. The summed E-state index contributed by atoms with van der Waals surface area (Å²) in [7, 11) is 3.06. The number of hydrogen-bond acceptors (Lipinski definition) is 7. The van der Waals surface area contributed by atoms with E-state index in [1.54, 1.807) is 37.7 Å². The normalized spacial score (nSPS) is 18.6. The van der Waals surface area contributed by atoms with Crippen LogP contribution in [0.15, 0.2) is 35.4 Å². The standard InChI is InChI=1S/C22H28N6O4/c1-14-9-15(2)12-26(11-14)20-21-25-28(22(30)27(21)8-7-23-20)13-19(29)24-17-6-5-16(31-3)10-18(17)32-4/h5-8,10,14-15H,9,11-13H2,1-4H3,(H,24,29)/t14-,15-/m1/s1. The summed E-state index contributed by atoms with van der Waals surface area (Å²) in [6, 6.07) is 5.07. The van der Waals surface area contributed by atoms with Gasteiger partial charge in [0.05, 0.1) is 19.9 Å². The third kappa shape index (κ3) is 4.25. The van der Waals surface area contributed by atoms with Gasteiger partial charge in [-0.05, 0) is 30.4 Å². The van der Waals surface area contributed by atoms with Crippen LogP contribution in [0.5, 0.6) is 11.5 Å². The minimum Gasteiger partial charge on any atom is -0.497 e. The molecule has 1 fully saturated rings. The van der Waals surface area contributed by atoms with Crippen LogP contribution in [0, 0.1) is 11.8 Å². The number of nitrogens with one attached hydrogen (secondary N) is 1. The minimum absolute atomic E-state index is 0.234. The van der Waals surface area contributed by atoms with E-state index in [9.17, 15) is 9.59 Å². The highest BCUT2D eigenvalue weighted by Crippen LogP contribution is 2.29. The maximum Gasteiger partial charge on any atom is 0.350 e. The maximum atomic E-state index is 12.9. The van der Waals surface area contributed by atoms with Gasteiger partial charge in [0.15, 0.2) is 5.82 Å². The Morgan fingerprint density at radius 2 is 1.94 bits per heavy atom. The number of nitrogens with zero attached hydrogens (tertiary/aromatic N) is 5. The average molecular weight is 441 g/mol. The quantitative estimate of drug-likeness (QED) is 0.626. The molecule has 3 heterocycles. The number of carbonyl (C=O) groups excluding carboxylic acids is 1. The van der Waals surface area contributed by atoms with Gasteiger partial charge in [-0.2, -0.15) is 0 Å². The highest BCUT2D eigenvalue weighted by Gasteiger charge is 2.26. The molecule has 2 aromatic heterocycles. The van der Waals surface area contributed by atoms with Crippen LogP contribution in [0.3, 0.4) is 0 Å². The fourth-order valence-electron chi connectivity index (χ4n) is 4.32. The van der Waals surface area contributed by atoms with Crippen molar-refractivity contribution in [3.63, 3.8) is 0 Å². The van der Waals surface area contributed by atoms with Crippen molar-refractivity contribution < 1.29 is 14.3 Å². The molecule has 170 valence electrons. The van der Waals surface area contributed by atoms with Gasteiger partial charge in [0, 0.05) is 31.5 Å². The van der Waals surface area contributed by atoms with Crippen LogP contribution in [0.2, 0.25) is 0 Å². The zero-order chi connectivity index (χ0) is 22.8. The average Bonchev–Trinajstić information content (AvgIpc) is 3.08. The first-order valence-electron chi connectivity index (χ1n) is 10.6. The summed E-state index contributed by atoms with van der Waals surface area (Å²) in [5.41, 5.74) is 0.543. The zero-order valence-corrected chi connectivity index (χ0v) is 18.7. The first-order chi connectivity index (χ1) is 15.4. The van der Waals surface area contributed by atoms with Crippen molar-refractivity contribution >= 4 is 23.1 Å². The third-order valence-corrected chi connectivity index (χ3v) is 5.63. The van der Waals surface area contributed by atoms with E-state index >= 15 is 0 Å². The molecule has 10 heteroatoms. The van der Waals surface area contributed by atoms with E-state index in [1.807, 2.05) is 0 Å². The molecule has 0 unspecified atom stereocenters. The topological polar surface area (TPSA) is 103 Å². The Morgan fingerprint density at radius 1 is 1.19 bits per heavy atom. The van der Waals surface area contributed by atoms with E-state index < -0.39 is 11.6 Å². The second kappa shape index (κ2) is 8.89. The third-order valence-electron chi connectivity index (χ3n) is 5.63. The summed E-state index contributed by atoms with van der Waals surface area (Å²) in [4.78, 5) is 32.2. The van der Waals surface area contributed by atoms with Crippen molar-refractivity contribution in [3.05, 3.63) is 41.1 Å². The second-order valence-electron chi connectivity index (χ2n) is 8.35. The van der Waals surface area contributed by atoms with Crippen LogP contribution in [-0.4, -0.2) is 52.4 Å². The van der Waals surface area contributed by atoms with Crippen molar-refractivity contribution in [1.82, 2.24) is 19.2 Å². The number of methoxy groups -OCH3 is 2. The Morgan fingerprint density at radius 3 is 2.62 bits per heavy atom. The van der Waals surface area contributed by atoms with Crippen LogP contribution in [0.1, 0.15) is 20.3 Å². The van der Waals surface area contributed by atoms with Crippen LogP contribution in [0.4, 0.5) is 11.5 Å². The van der Waals surface area contributed by atoms with E-state index in [0.717, 1.165) is 24.2 Å². The van der Waals surface area contributed by atoms with Crippen molar-refractivity contribution in [1.29, 1.82) is 0 Å². The van der Waals surface area contributed by atoms with Gasteiger partial charge in [-0.1, -0.05) is 13.8 Å². The lowest BCUT2D eigenvalue weighted by Gasteiger charge is -2.35. The number of fused-ring (bicyclic) bond motifs is 1. The van der Waals surface area contributed by atoms with Gasteiger partial charge in [0.25, 0.3) is 0 Å². The Labute approximate surface area is 185 Å². The van der Waals surface area contributed by atoms with Gasteiger partial charge >= 0.3 is 5.69 Å². The summed E-state index contributed by atoms with van der Waals surface area (Å²) in [6.07, 6.45) is 4.34. The molecule has 1 aliphatic heterocycles. The number of benzene rings is 1. The summed E-state index contributed by atoms with van der Waals surface area (Å²) >= 11 is 0. The predicted octanol–water partition coefficient (Wildman–Crippen LogP) is 2.03. The van der Waals surface area contributed by atoms with E-state index in [1.165, 1.54) is 11.5 Å². The van der Waals surface area contributed by atoms with Crippen LogP contribution in [-0.2, 0) is 11.3 Å². The molecule has 0 radical (unpaired) electrons. The monoisotopic (exact) mass is 440 g/mol. The number of hydrogen-bond donors (Lipinski definition) is 1. The van der Waals surface area contributed by atoms with Gasteiger partial charge in [-0.3, -0.25) is 4.79 Å².